The predicted molar refractivity (Wildman–Crippen MR) is 94.7 cm³/mol. The van der Waals surface area contributed by atoms with Crippen LogP contribution in [0.2, 0.25) is 0 Å². The molecule has 0 spiro atoms. The minimum absolute atomic E-state index is 0.130. The first kappa shape index (κ1) is 16.2. The third-order valence-corrected chi connectivity index (χ3v) is 5.68. The summed E-state index contributed by atoms with van der Waals surface area (Å²) in [5.74, 6) is 1.41. The number of aryl methyl sites for hydroxylation is 1. The van der Waals surface area contributed by atoms with E-state index in [4.69, 9.17) is 0 Å². The lowest BCUT2D eigenvalue weighted by Crippen LogP contribution is -2.50. The van der Waals surface area contributed by atoms with Gasteiger partial charge in [-0.1, -0.05) is 37.1 Å². The summed E-state index contributed by atoms with van der Waals surface area (Å²) in [6.45, 7) is 3.08. The number of tetrazole rings is 1. The molecule has 0 unspecified atom stereocenters. The number of amides is 1. The van der Waals surface area contributed by atoms with Gasteiger partial charge in [0.25, 0.3) is 0 Å². The molecule has 1 saturated carbocycles. The van der Waals surface area contributed by atoms with Gasteiger partial charge in [0.15, 0.2) is 0 Å². The van der Waals surface area contributed by atoms with E-state index in [1.165, 1.54) is 30.5 Å². The van der Waals surface area contributed by atoms with Gasteiger partial charge in [0.2, 0.25) is 11.7 Å². The fraction of sp³-hybridized carbons (Fsp3) is 0.579. The molecular weight excluding hydrogens is 314 g/mol. The highest BCUT2D eigenvalue weighted by molar-refractivity contribution is 5.76. The van der Waals surface area contributed by atoms with Crippen LogP contribution in [0, 0.1) is 12.8 Å². The largest absolute Gasteiger partial charge is 0.338 e. The first-order valence-electron chi connectivity index (χ1n) is 9.35. The van der Waals surface area contributed by atoms with Crippen molar-refractivity contribution in [3.8, 4) is 11.4 Å². The summed E-state index contributed by atoms with van der Waals surface area (Å²) in [4.78, 5) is 16.4. The normalized spacial score (nSPS) is 23.3. The summed E-state index contributed by atoms with van der Waals surface area (Å²) in [5, 5.41) is 12.7. The Kier molecular flexibility index (Phi) is 4.51. The van der Waals surface area contributed by atoms with Gasteiger partial charge in [-0.3, -0.25) is 4.79 Å². The number of carbonyl (C=O) groups excluding carboxylic acids is 1. The van der Waals surface area contributed by atoms with Crippen LogP contribution in [-0.2, 0) is 11.3 Å². The number of aromatic nitrogens is 4. The number of likely N-dealkylation sites (tertiary alicyclic amines) is 1. The molecule has 0 bridgehead atoms. The van der Waals surface area contributed by atoms with Gasteiger partial charge in [0, 0.05) is 18.2 Å². The van der Waals surface area contributed by atoms with Crippen molar-refractivity contribution in [2.24, 2.45) is 5.92 Å². The zero-order chi connectivity index (χ0) is 17.2. The topological polar surface area (TPSA) is 63.9 Å². The van der Waals surface area contributed by atoms with Crippen LogP contribution >= 0.6 is 0 Å². The van der Waals surface area contributed by atoms with Crippen molar-refractivity contribution in [3.63, 3.8) is 0 Å². The SMILES string of the molecule is Cc1ccccc1-c1nnn(CC(=O)N2CCC[C@@H]3CCCC[C@H]32)n1. The van der Waals surface area contributed by atoms with Crippen LogP contribution in [0.4, 0.5) is 0 Å². The molecule has 6 heteroatoms. The first-order valence-corrected chi connectivity index (χ1v) is 9.35. The maximum absolute atomic E-state index is 12.8. The minimum atomic E-state index is 0.130. The molecule has 1 aliphatic carbocycles. The van der Waals surface area contributed by atoms with E-state index in [1.807, 2.05) is 31.2 Å². The van der Waals surface area contributed by atoms with Crippen molar-refractivity contribution in [2.45, 2.75) is 58.0 Å². The molecule has 2 atom stereocenters. The summed E-state index contributed by atoms with van der Waals surface area (Å²) in [6, 6.07) is 8.39. The van der Waals surface area contributed by atoms with E-state index in [-0.39, 0.29) is 12.5 Å². The molecule has 1 saturated heterocycles. The van der Waals surface area contributed by atoms with Crippen LogP contribution in [0.15, 0.2) is 24.3 Å². The zero-order valence-corrected chi connectivity index (χ0v) is 14.8. The van der Waals surface area contributed by atoms with Crippen LogP contribution in [0.1, 0.15) is 44.1 Å². The van der Waals surface area contributed by atoms with Gasteiger partial charge in [-0.2, -0.15) is 4.80 Å². The van der Waals surface area contributed by atoms with E-state index < -0.39 is 0 Å². The van der Waals surface area contributed by atoms with Crippen LogP contribution in [0.5, 0.6) is 0 Å². The van der Waals surface area contributed by atoms with Gasteiger partial charge in [0.1, 0.15) is 6.54 Å². The average molecular weight is 339 g/mol. The number of hydrogen-bond donors (Lipinski definition) is 0. The van der Waals surface area contributed by atoms with Gasteiger partial charge in [-0.05, 0) is 49.3 Å². The molecule has 1 aromatic carbocycles. The van der Waals surface area contributed by atoms with E-state index in [9.17, 15) is 4.79 Å². The summed E-state index contributed by atoms with van der Waals surface area (Å²) < 4.78 is 0. The third kappa shape index (κ3) is 3.30. The second-order valence-electron chi connectivity index (χ2n) is 7.30. The number of carbonyl (C=O) groups is 1. The Labute approximate surface area is 148 Å². The standard InChI is InChI=1S/C19H25N5O/c1-14-7-2-4-10-16(14)19-20-22-24(21-19)13-18(25)23-12-6-9-15-8-3-5-11-17(15)23/h2,4,7,10,15,17H,3,5-6,8-9,11-13H2,1H3/t15-,17+/m0/s1. The summed E-state index contributed by atoms with van der Waals surface area (Å²) in [6.07, 6.45) is 7.36. The average Bonchev–Trinajstić information content (AvgIpc) is 3.09. The van der Waals surface area contributed by atoms with Crippen molar-refractivity contribution in [1.82, 2.24) is 25.1 Å². The molecule has 1 aromatic heterocycles. The molecular formula is C19H25N5O. The number of piperidine rings is 1. The molecule has 25 heavy (non-hydrogen) atoms. The monoisotopic (exact) mass is 339 g/mol. The Balaban J connectivity index is 1.47. The minimum Gasteiger partial charge on any atom is -0.338 e. The molecule has 2 aromatic rings. The fourth-order valence-corrected chi connectivity index (χ4v) is 4.39. The lowest BCUT2D eigenvalue weighted by Gasteiger charge is -2.44. The second-order valence-corrected chi connectivity index (χ2v) is 7.30. The Morgan fingerprint density at radius 3 is 2.84 bits per heavy atom. The highest BCUT2D eigenvalue weighted by Gasteiger charge is 2.35. The van der Waals surface area contributed by atoms with Crippen LogP contribution < -0.4 is 0 Å². The van der Waals surface area contributed by atoms with Crippen molar-refractivity contribution in [2.75, 3.05) is 6.54 Å². The predicted octanol–water partition coefficient (Wildman–Crippen LogP) is 2.83. The Hall–Kier alpha value is -2.24. The van der Waals surface area contributed by atoms with E-state index in [2.05, 4.69) is 20.3 Å². The lowest BCUT2D eigenvalue weighted by molar-refractivity contribution is -0.138. The van der Waals surface area contributed by atoms with Crippen molar-refractivity contribution >= 4 is 5.91 Å². The van der Waals surface area contributed by atoms with Crippen molar-refractivity contribution in [1.29, 1.82) is 0 Å². The number of hydrogen-bond acceptors (Lipinski definition) is 4. The number of benzene rings is 1. The molecule has 2 heterocycles. The van der Waals surface area contributed by atoms with Gasteiger partial charge in [-0.25, -0.2) is 0 Å². The Morgan fingerprint density at radius 2 is 1.96 bits per heavy atom. The van der Waals surface area contributed by atoms with Crippen molar-refractivity contribution < 1.29 is 4.79 Å². The highest BCUT2D eigenvalue weighted by Crippen LogP contribution is 2.35. The third-order valence-electron chi connectivity index (χ3n) is 5.68. The fourth-order valence-electron chi connectivity index (χ4n) is 4.39. The van der Waals surface area contributed by atoms with Gasteiger partial charge in [-0.15, -0.1) is 10.2 Å². The van der Waals surface area contributed by atoms with E-state index in [0.717, 1.165) is 30.5 Å². The summed E-state index contributed by atoms with van der Waals surface area (Å²) >= 11 is 0. The quantitative estimate of drug-likeness (QED) is 0.862. The van der Waals surface area contributed by atoms with Gasteiger partial charge in [0.05, 0.1) is 0 Å². The molecule has 132 valence electrons. The first-order chi connectivity index (χ1) is 12.2. The van der Waals surface area contributed by atoms with Gasteiger partial charge < -0.3 is 4.90 Å². The zero-order valence-electron chi connectivity index (χ0n) is 14.8. The van der Waals surface area contributed by atoms with E-state index in [0.29, 0.717) is 17.8 Å². The van der Waals surface area contributed by atoms with Crippen LogP contribution in [0.25, 0.3) is 11.4 Å². The smallest absolute Gasteiger partial charge is 0.246 e. The molecule has 0 radical (unpaired) electrons. The van der Waals surface area contributed by atoms with E-state index >= 15 is 0 Å². The van der Waals surface area contributed by atoms with Gasteiger partial charge >= 0.3 is 0 Å². The molecule has 1 amide bonds. The van der Waals surface area contributed by atoms with Crippen LogP contribution in [-0.4, -0.2) is 43.6 Å². The number of fused-ring (bicyclic) bond motifs is 1. The molecule has 2 fully saturated rings. The number of nitrogens with zero attached hydrogens (tertiary/aromatic N) is 5. The molecule has 0 N–H and O–H groups in total. The maximum atomic E-state index is 12.8. The Morgan fingerprint density at radius 1 is 1.16 bits per heavy atom. The summed E-state index contributed by atoms with van der Waals surface area (Å²) in [5.41, 5.74) is 2.07. The molecule has 4 rings (SSSR count). The lowest BCUT2D eigenvalue weighted by atomic mass is 9.78. The maximum Gasteiger partial charge on any atom is 0.246 e. The Bertz CT molecular complexity index is 754. The molecule has 6 nitrogen and oxygen atoms in total. The highest BCUT2D eigenvalue weighted by atomic mass is 16.2. The number of rotatable bonds is 3. The summed E-state index contributed by atoms with van der Waals surface area (Å²) in [7, 11) is 0. The molecule has 2 aliphatic rings. The molecule has 1 aliphatic heterocycles. The van der Waals surface area contributed by atoms with Crippen molar-refractivity contribution in [3.05, 3.63) is 29.8 Å². The second kappa shape index (κ2) is 6.94. The van der Waals surface area contributed by atoms with Crippen LogP contribution in [0.3, 0.4) is 0 Å². The van der Waals surface area contributed by atoms with E-state index in [1.54, 1.807) is 0 Å².